The Hall–Kier alpha value is -2.93. The summed E-state index contributed by atoms with van der Waals surface area (Å²) in [5, 5.41) is 14.0. The number of nitrogens with one attached hydrogen (secondary N) is 1. The van der Waals surface area contributed by atoms with Crippen LogP contribution in [0.2, 0.25) is 0 Å². The summed E-state index contributed by atoms with van der Waals surface area (Å²) in [5.74, 6) is -0.101. The Morgan fingerprint density at radius 1 is 1.00 bits per heavy atom. The van der Waals surface area contributed by atoms with Gasteiger partial charge in [-0.2, -0.15) is 4.73 Å². The van der Waals surface area contributed by atoms with Crippen LogP contribution in [0.15, 0.2) is 54.9 Å². The van der Waals surface area contributed by atoms with Crippen LogP contribution in [0.25, 0.3) is 0 Å². The summed E-state index contributed by atoms with van der Waals surface area (Å²) in [6, 6.07) is 12.8. The highest BCUT2D eigenvalue weighted by atomic mass is 16.5. The SMILES string of the molecule is O=C(CN1CCN(C(=O)c2cc[n+]([O-])cc2)CC1)NCc1ccccc1. The smallest absolute Gasteiger partial charge is 0.254 e. The standard InChI is InChI=1S/C19H22N4O3/c24-18(20-14-16-4-2-1-3-5-16)15-21-10-12-22(13-11-21)19(25)17-6-8-23(26)9-7-17/h1-9H,10-15H2,(H,20,24). The molecule has 1 aliphatic rings. The van der Waals surface area contributed by atoms with E-state index in [0.717, 1.165) is 5.56 Å². The molecule has 0 aliphatic carbocycles. The van der Waals surface area contributed by atoms with Crippen molar-refractivity contribution in [1.29, 1.82) is 0 Å². The third kappa shape index (κ3) is 4.80. The molecule has 1 saturated heterocycles. The van der Waals surface area contributed by atoms with Gasteiger partial charge in [0.05, 0.1) is 12.1 Å². The lowest BCUT2D eigenvalue weighted by molar-refractivity contribution is -0.605. The summed E-state index contributed by atoms with van der Waals surface area (Å²) < 4.78 is 0.656. The number of aromatic nitrogens is 1. The third-order valence-corrected chi connectivity index (χ3v) is 4.41. The molecular weight excluding hydrogens is 332 g/mol. The van der Waals surface area contributed by atoms with Gasteiger partial charge in [0, 0.05) is 44.9 Å². The maximum Gasteiger partial charge on any atom is 0.254 e. The van der Waals surface area contributed by atoms with E-state index in [2.05, 4.69) is 5.32 Å². The fourth-order valence-corrected chi connectivity index (χ4v) is 2.90. The van der Waals surface area contributed by atoms with Crippen molar-refractivity contribution in [2.75, 3.05) is 32.7 Å². The average Bonchev–Trinajstić information content (AvgIpc) is 2.68. The number of benzene rings is 1. The molecule has 1 aromatic carbocycles. The molecule has 3 rings (SSSR count). The van der Waals surface area contributed by atoms with Gasteiger partial charge in [-0.15, -0.1) is 0 Å². The topological polar surface area (TPSA) is 79.6 Å². The molecule has 7 nitrogen and oxygen atoms in total. The summed E-state index contributed by atoms with van der Waals surface area (Å²) in [5.41, 5.74) is 1.57. The highest BCUT2D eigenvalue weighted by Gasteiger charge is 2.23. The van der Waals surface area contributed by atoms with Crippen molar-refractivity contribution < 1.29 is 14.3 Å². The fourth-order valence-electron chi connectivity index (χ4n) is 2.90. The van der Waals surface area contributed by atoms with E-state index in [9.17, 15) is 14.8 Å². The van der Waals surface area contributed by atoms with Gasteiger partial charge in [0.15, 0.2) is 12.4 Å². The minimum Gasteiger partial charge on any atom is -0.619 e. The van der Waals surface area contributed by atoms with Gasteiger partial charge < -0.3 is 15.4 Å². The second-order valence-corrected chi connectivity index (χ2v) is 6.28. The van der Waals surface area contributed by atoms with Crippen LogP contribution in [0.4, 0.5) is 0 Å². The minimum atomic E-state index is -0.0845. The number of rotatable bonds is 5. The van der Waals surface area contributed by atoms with Crippen molar-refractivity contribution in [2.45, 2.75) is 6.54 Å². The number of pyridine rings is 1. The Labute approximate surface area is 152 Å². The molecule has 136 valence electrons. The summed E-state index contributed by atoms with van der Waals surface area (Å²) in [6.07, 6.45) is 2.64. The Morgan fingerprint density at radius 3 is 2.31 bits per heavy atom. The Morgan fingerprint density at radius 2 is 1.65 bits per heavy atom. The average molecular weight is 354 g/mol. The molecule has 1 N–H and O–H groups in total. The first-order valence-electron chi connectivity index (χ1n) is 8.63. The van der Waals surface area contributed by atoms with Gasteiger partial charge in [0.25, 0.3) is 5.91 Å². The van der Waals surface area contributed by atoms with Crippen molar-refractivity contribution >= 4 is 11.8 Å². The van der Waals surface area contributed by atoms with E-state index < -0.39 is 0 Å². The molecule has 1 aromatic heterocycles. The molecular formula is C19H22N4O3. The van der Waals surface area contributed by atoms with E-state index in [-0.39, 0.29) is 11.8 Å². The van der Waals surface area contributed by atoms with Gasteiger partial charge >= 0.3 is 0 Å². The molecule has 0 saturated carbocycles. The van der Waals surface area contributed by atoms with Gasteiger partial charge in [-0.05, 0) is 5.56 Å². The number of carbonyl (C=O) groups excluding carboxylic acids is 2. The largest absolute Gasteiger partial charge is 0.619 e. The molecule has 0 radical (unpaired) electrons. The summed E-state index contributed by atoms with van der Waals surface area (Å²) >= 11 is 0. The first-order valence-corrected chi connectivity index (χ1v) is 8.63. The Bertz CT molecular complexity index is 741. The van der Waals surface area contributed by atoms with Gasteiger partial charge in [-0.25, -0.2) is 0 Å². The fraction of sp³-hybridized carbons (Fsp3) is 0.316. The number of amides is 2. The van der Waals surface area contributed by atoms with E-state index in [1.54, 1.807) is 4.90 Å². The normalized spacial score (nSPS) is 14.8. The minimum absolute atomic E-state index is 0.0170. The molecule has 7 heteroatoms. The zero-order valence-corrected chi connectivity index (χ0v) is 14.5. The molecule has 0 spiro atoms. The summed E-state index contributed by atoms with van der Waals surface area (Å²) in [4.78, 5) is 28.3. The van der Waals surface area contributed by atoms with E-state index >= 15 is 0 Å². The second kappa shape index (κ2) is 8.44. The first kappa shape index (κ1) is 17.9. The zero-order valence-electron chi connectivity index (χ0n) is 14.5. The lowest BCUT2D eigenvalue weighted by atomic mass is 10.2. The zero-order chi connectivity index (χ0) is 18.4. The van der Waals surface area contributed by atoms with Crippen LogP contribution in [0, 0.1) is 5.21 Å². The summed E-state index contributed by atoms with van der Waals surface area (Å²) in [6.45, 7) is 3.29. The summed E-state index contributed by atoms with van der Waals surface area (Å²) in [7, 11) is 0. The monoisotopic (exact) mass is 354 g/mol. The van der Waals surface area contributed by atoms with E-state index in [1.807, 2.05) is 35.2 Å². The molecule has 0 atom stereocenters. The number of hydrogen-bond donors (Lipinski definition) is 1. The van der Waals surface area contributed by atoms with Crippen molar-refractivity contribution in [3.05, 3.63) is 71.2 Å². The lowest BCUT2D eigenvalue weighted by Gasteiger charge is -2.34. The van der Waals surface area contributed by atoms with Crippen LogP contribution in [0.5, 0.6) is 0 Å². The van der Waals surface area contributed by atoms with Gasteiger partial charge in [0.1, 0.15) is 0 Å². The van der Waals surface area contributed by atoms with Crippen LogP contribution in [0.1, 0.15) is 15.9 Å². The molecule has 2 aromatic rings. The van der Waals surface area contributed by atoms with Crippen molar-refractivity contribution in [2.24, 2.45) is 0 Å². The van der Waals surface area contributed by atoms with Gasteiger partial charge in [0.2, 0.25) is 5.91 Å². The van der Waals surface area contributed by atoms with Crippen LogP contribution in [0.3, 0.4) is 0 Å². The maximum atomic E-state index is 12.4. The maximum absolute atomic E-state index is 12.4. The Kier molecular flexibility index (Phi) is 5.80. The van der Waals surface area contributed by atoms with Crippen molar-refractivity contribution in [3.8, 4) is 0 Å². The molecule has 2 heterocycles. The van der Waals surface area contributed by atoms with Crippen LogP contribution in [-0.4, -0.2) is 54.3 Å². The lowest BCUT2D eigenvalue weighted by Crippen LogP contribution is -2.51. The quantitative estimate of drug-likeness (QED) is 0.622. The van der Waals surface area contributed by atoms with Crippen molar-refractivity contribution in [1.82, 2.24) is 15.1 Å². The van der Waals surface area contributed by atoms with Crippen LogP contribution >= 0.6 is 0 Å². The number of hydrogen-bond acceptors (Lipinski definition) is 4. The first-order chi connectivity index (χ1) is 12.6. The van der Waals surface area contributed by atoms with Gasteiger partial charge in [-0.3, -0.25) is 14.5 Å². The predicted octanol–water partition coefficient (Wildman–Crippen LogP) is 0.394. The number of nitrogens with zero attached hydrogens (tertiary/aromatic N) is 3. The van der Waals surface area contributed by atoms with Crippen LogP contribution < -0.4 is 10.0 Å². The van der Waals surface area contributed by atoms with Crippen LogP contribution in [-0.2, 0) is 11.3 Å². The van der Waals surface area contributed by atoms with E-state index in [1.165, 1.54) is 24.5 Å². The van der Waals surface area contributed by atoms with E-state index in [0.29, 0.717) is 49.6 Å². The molecule has 1 aliphatic heterocycles. The molecule has 1 fully saturated rings. The highest BCUT2D eigenvalue weighted by molar-refractivity contribution is 5.94. The predicted molar refractivity (Wildman–Crippen MR) is 96.0 cm³/mol. The van der Waals surface area contributed by atoms with Crippen molar-refractivity contribution in [3.63, 3.8) is 0 Å². The van der Waals surface area contributed by atoms with E-state index in [4.69, 9.17) is 0 Å². The van der Waals surface area contributed by atoms with Gasteiger partial charge in [-0.1, -0.05) is 30.3 Å². The third-order valence-electron chi connectivity index (χ3n) is 4.41. The number of piperazine rings is 1. The highest BCUT2D eigenvalue weighted by Crippen LogP contribution is 2.07. The molecule has 26 heavy (non-hydrogen) atoms. The number of carbonyl (C=O) groups is 2. The molecule has 0 bridgehead atoms. The second-order valence-electron chi connectivity index (χ2n) is 6.28. The molecule has 0 unspecified atom stereocenters. The Balaban J connectivity index is 1.42. The molecule has 2 amide bonds.